The lowest BCUT2D eigenvalue weighted by Crippen LogP contribution is -2.30. The van der Waals surface area contributed by atoms with Gasteiger partial charge in [-0.2, -0.15) is 0 Å². The molecule has 0 saturated carbocycles. The molecule has 1 unspecified atom stereocenters. The van der Waals surface area contributed by atoms with Crippen LogP contribution in [0.4, 0.5) is 0 Å². The normalized spacial score (nSPS) is 13.0. The Kier molecular flexibility index (Phi) is 6.69. The van der Waals surface area contributed by atoms with E-state index in [1.54, 1.807) is 34.6 Å². The van der Waals surface area contributed by atoms with E-state index in [0.717, 1.165) is 0 Å². The number of aliphatic hydroxyl groups is 1. The van der Waals surface area contributed by atoms with Crippen molar-refractivity contribution in [1.82, 2.24) is 0 Å². The SMILES string of the molecule is CC(C)OC(=O)C(O)CC(=O)CC(=O)OC(C)(C)C. The minimum atomic E-state index is -1.54. The first-order chi connectivity index (χ1) is 8.51. The first-order valence-corrected chi connectivity index (χ1v) is 6.13. The number of Topliss-reactive ketones (excluding diaryl/α,β-unsaturated/α-hetero) is 1. The summed E-state index contributed by atoms with van der Waals surface area (Å²) in [6.45, 7) is 8.32. The van der Waals surface area contributed by atoms with Crippen LogP contribution in [0.2, 0.25) is 0 Å². The van der Waals surface area contributed by atoms with Gasteiger partial charge in [-0.1, -0.05) is 0 Å². The molecule has 0 saturated heterocycles. The van der Waals surface area contributed by atoms with Gasteiger partial charge in [-0.05, 0) is 34.6 Å². The van der Waals surface area contributed by atoms with Gasteiger partial charge in [0.05, 0.1) is 6.10 Å². The van der Waals surface area contributed by atoms with Crippen molar-refractivity contribution >= 4 is 17.7 Å². The third-order valence-corrected chi connectivity index (χ3v) is 1.81. The Morgan fingerprint density at radius 2 is 1.68 bits per heavy atom. The van der Waals surface area contributed by atoms with Crippen molar-refractivity contribution in [1.29, 1.82) is 0 Å². The Morgan fingerprint density at radius 1 is 1.16 bits per heavy atom. The van der Waals surface area contributed by atoms with Gasteiger partial charge in [-0.25, -0.2) is 4.79 Å². The van der Waals surface area contributed by atoms with Crippen molar-refractivity contribution in [2.24, 2.45) is 0 Å². The predicted octanol–water partition coefficient (Wildman–Crippen LogP) is 0.990. The maximum atomic E-state index is 11.5. The fourth-order valence-corrected chi connectivity index (χ4v) is 1.22. The third kappa shape index (κ3) is 9.18. The Balaban J connectivity index is 4.17. The van der Waals surface area contributed by atoms with Crippen LogP contribution in [0.5, 0.6) is 0 Å². The molecule has 0 fully saturated rings. The zero-order chi connectivity index (χ0) is 15.2. The van der Waals surface area contributed by atoms with Crippen LogP contribution >= 0.6 is 0 Å². The zero-order valence-electron chi connectivity index (χ0n) is 12.1. The van der Waals surface area contributed by atoms with Gasteiger partial charge < -0.3 is 14.6 Å². The molecule has 0 rings (SSSR count). The third-order valence-electron chi connectivity index (χ3n) is 1.81. The largest absolute Gasteiger partial charge is 0.461 e. The fraction of sp³-hybridized carbons (Fsp3) is 0.769. The summed E-state index contributed by atoms with van der Waals surface area (Å²) in [6, 6.07) is 0. The van der Waals surface area contributed by atoms with E-state index in [4.69, 9.17) is 9.47 Å². The highest BCUT2D eigenvalue weighted by atomic mass is 16.6. The van der Waals surface area contributed by atoms with Crippen molar-refractivity contribution in [2.45, 2.75) is 65.3 Å². The number of ether oxygens (including phenoxy) is 2. The molecule has 0 aromatic rings. The molecular weight excluding hydrogens is 252 g/mol. The number of hydrogen-bond acceptors (Lipinski definition) is 6. The topological polar surface area (TPSA) is 89.9 Å². The number of ketones is 1. The molecule has 0 aromatic carbocycles. The van der Waals surface area contributed by atoms with Crippen LogP contribution < -0.4 is 0 Å². The van der Waals surface area contributed by atoms with Crippen molar-refractivity contribution in [3.8, 4) is 0 Å². The summed E-state index contributed by atoms with van der Waals surface area (Å²) >= 11 is 0. The Morgan fingerprint density at radius 3 is 2.11 bits per heavy atom. The van der Waals surface area contributed by atoms with Crippen LogP contribution in [-0.4, -0.2) is 40.6 Å². The smallest absolute Gasteiger partial charge is 0.335 e. The Bertz CT molecular complexity index is 340. The molecule has 19 heavy (non-hydrogen) atoms. The summed E-state index contributed by atoms with van der Waals surface area (Å²) in [4.78, 5) is 34.1. The van der Waals surface area contributed by atoms with E-state index in [-0.39, 0.29) is 6.10 Å². The standard InChI is InChI=1S/C13H22O6/c1-8(2)18-12(17)10(15)6-9(14)7-11(16)19-13(3,4)5/h8,10,15H,6-7H2,1-5H3. The predicted molar refractivity (Wildman–Crippen MR) is 67.3 cm³/mol. The van der Waals surface area contributed by atoms with Gasteiger partial charge in [-0.3, -0.25) is 9.59 Å². The second kappa shape index (κ2) is 7.23. The highest BCUT2D eigenvalue weighted by Gasteiger charge is 2.24. The summed E-state index contributed by atoms with van der Waals surface area (Å²) in [6.07, 6.45) is -2.84. The lowest BCUT2D eigenvalue weighted by Gasteiger charge is -2.19. The van der Waals surface area contributed by atoms with E-state index in [1.807, 2.05) is 0 Å². The molecule has 1 N–H and O–H groups in total. The molecule has 1 atom stereocenters. The molecule has 0 heterocycles. The first-order valence-electron chi connectivity index (χ1n) is 6.13. The molecule has 0 radical (unpaired) electrons. The van der Waals surface area contributed by atoms with E-state index in [9.17, 15) is 19.5 Å². The van der Waals surface area contributed by atoms with Gasteiger partial charge in [0.2, 0.25) is 0 Å². The average molecular weight is 274 g/mol. The van der Waals surface area contributed by atoms with Crippen LogP contribution in [0, 0.1) is 0 Å². The average Bonchev–Trinajstić information content (AvgIpc) is 2.11. The maximum absolute atomic E-state index is 11.5. The number of hydrogen-bond donors (Lipinski definition) is 1. The molecule has 6 nitrogen and oxygen atoms in total. The first kappa shape index (κ1) is 17.6. The molecule has 0 bridgehead atoms. The van der Waals surface area contributed by atoms with Crippen molar-refractivity contribution in [2.75, 3.05) is 0 Å². The van der Waals surface area contributed by atoms with Gasteiger partial charge >= 0.3 is 11.9 Å². The maximum Gasteiger partial charge on any atom is 0.335 e. The van der Waals surface area contributed by atoms with Crippen molar-refractivity contribution in [3.63, 3.8) is 0 Å². The molecule has 0 amide bonds. The molecule has 0 aliphatic rings. The van der Waals surface area contributed by atoms with E-state index in [1.165, 1.54) is 0 Å². The van der Waals surface area contributed by atoms with E-state index < -0.39 is 42.3 Å². The van der Waals surface area contributed by atoms with Crippen LogP contribution in [0.3, 0.4) is 0 Å². The monoisotopic (exact) mass is 274 g/mol. The number of carbonyl (C=O) groups is 3. The summed E-state index contributed by atoms with van der Waals surface area (Å²) in [5, 5.41) is 9.43. The Hall–Kier alpha value is -1.43. The van der Waals surface area contributed by atoms with Crippen molar-refractivity contribution in [3.05, 3.63) is 0 Å². The van der Waals surface area contributed by atoms with Crippen molar-refractivity contribution < 1.29 is 29.0 Å². The van der Waals surface area contributed by atoms with Crippen LogP contribution in [0.1, 0.15) is 47.5 Å². The molecule has 110 valence electrons. The lowest BCUT2D eigenvalue weighted by atomic mass is 10.1. The number of carbonyl (C=O) groups excluding carboxylic acids is 3. The second-order valence-electron chi connectivity index (χ2n) is 5.51. The van der Waals surface area contributed by atoms with Gasteiger partial charge in [0.25, 0.3) is 0 Å². The summed E-state index contributed by atoms with van der Waals surface area (Å²) in [7, 11) is 0. The molecule has 0 aliphatic carbocycles. The highest BCUT2D eigenvalue weighted by Crippen LogP contribution is 2.09. The van der Waals surface area contributed by atoms with Gasteiger partial charge in [0, 0.05) is 6.42 Å². The summed E-state index contributed by atoms with van der Waals surface area (Å²) in [5.74, 6) is -2.11. The van der Waals surface area contributed by atoms with Gasteiger partial charge in [0.15, 0.2) is 6.10 Å². The lowest BCUT2D eigenvalue weighted by molar-refractivity contribution is -0.161. The Labute approximate surface area is 113 Å². The van der Waals surface area contributed by atoms with Crippen LogP contribution in [-0.2, 0) is 23.9 Å². The van der Waals surface area contributed by atoms with Gasteiger partial charge in [0.1, 0.15) is 17.8 Å². The fourth-order valence-electron chi connectivity index (χ4n) is 1.22. The van der Waals surface area contributed by atoms with E-state index in [2.05, 4.69) is 0 Å². The van der Waals surface area contributed by atoms with E-state index >= 15 is 0 Å². The molecule has 0 aromatic heterocycles. The second-order valence-corrected chi connectivity index (χ2v) is 5.51. The number of aliphatic hydroxyl groups excluding tert-OH is 1. The molecule has 6 heteroatoms. The molecular formula is C13H22O6. The summed E-state index contributed by atoms with van der Waals surface area (Å²) in [5.41, 5.74) is -0.674. The quantitative estimate of drug-likeness (QED) is 0.574. The minimum Gasteiger partial charge on any atom is -0.461 e. The molecule has 0 aliphatic heterocycles. The zero-order valence-corrected chi connectivity index (χ0v) is 12.1. The molecule has 0 spiro atoms. The number of esters is 2. The minimum absolute atomic E-state index is 0.372. The highest BCUT2D eigenvalue weighted by molar-refractivity contribution is 5.97. The van der Waals surface area contributed by atoms with Crippen LogP contribution in [0.25, 0.3) is 0 Å². The number of rotatable bonds is 6. The van der Waals surface area contributed by atoms with Crippen LogP contribution in [0.15, 0.2) is 0 Å². The van der Waals surface area contributed by atoms with Gasteiger partial charge in [-0.15, -0.1) is 0 Å². The summed E-state index contributed by atoms with van der Waals surface area (Å²) < 4.78 is 9.70. The van der Waals surface area contributed by atoms with E-state index in [0.29, 0.717) is 0 Å².